The molecule has 2 aromatic carbocycles. The Morgan fingerprint density at radius 2 is 1.73 bits per heavy atom. The van der Waals surface area contributed by atoms with Gasteiger partial charge in [0, 0.05) is 33.9 Å². The topological polar surface area (TPSA) is 81.3 Å². The van der Waals surface area contributed by atoms with Gasteiger partial charge in [-0.15, -0.1) is 0 Å². The monoisotopic (exact) mass is 462 g/mol. The minimum absolute atomic E-state index is 0.0827. The zero-order valence-electron chi connectivity index (χ0n) is 19.1. The largest absolute Gasteiger partial charge is 0.454 e. The number of carbonyl (C=O) groups is 2. The second kappa shape index (κ2) is 11.0. The number of nitriles is 1. The predicted molar refractivity (Wildman–Crippen MR) is 127 cm³/mol. The minimum Gasteiger partial charge on any atom is -0.454 e. The molecule has 3 aromatic rings. The molecule has 0 aliphatic rings. The van der Waals surface area contributed by atoms with Gasteiger partial charge in [-0.3, -0.25) is 4.79 Å². The normalized spacial score (nSPS) is 11.6. The third-order valence-electron chi connectivity index (χ3n) is 5.30. The van der Waals surface area contributed by atoms with Gasteiger partial charge in [0.25, 0.3) is 0 Å². The van der Waals surface area contributed by atoms with Crippen molar-refractivity contribution >= 4 is 23.5 Å². The maximum Gasteiger partial charge on any atom is 0.339 e. The summed E-state index contributed by atoms with van der Waals surface area (Å²) in [5, 5.41) is 9.34. The van der Waals surface area contributed by atoms with Crippen molar-refractivity contribution in [3.63, 3.8) is 0 Å². The molecule has 170 valence electrons. The van der Waals surface area contributed by atoms with Crippen LogP contribution in [-0.2, 0) is 9.47 Å². The van der Waals surface area contributed by atoms with Crippen molar-refractivity contribution in [1.29, 1.82) is 5.26 Å². The molecule has 7 heteroatoms. The van der Waals surface area contributed by atoms with Gasteiger partial charge in [0.2, 0.25) is 5.78 Å². The average Bonchev–Trinajstić information content (AvgIpc) is 3.12. The van der Waals surface area contributed by atoms with Crippen LogP contribution in [0.1, 0.15) is 50.6 Å². The van der Waals surface area contributed by atoms with Crippen molar-refractivity contribution in [1.82, 2.24) is 4.57 Å². The Kier molecular flexibility index (Phi) is 8.10. The van der Waals surface area contributed by atoms with Gasteiger partial charge < -0.3 is 14.0 Å². The Bertz CT molecular complexity index is 1210. The number of benzene rings is 2. The van der Waals surface area contributed by atoms with Crippen LogP contribution in [0.3, 0.4) is 0 Å². The fourth-order valence-corrected chi connectivity index (χ4v) is 4.85. The van der Waals surface area contributed by atoms with Crippen LogP contribution >= 0.6 is 11.8 Å². The lowest BCUT2D eigenvalue weighted by Crippen LogP contribution is -2.17. The molecule has 1 aromatic heterocycles. The first kappa shape index (κ1) is 24.3. The molecule has 6 nitrogen and oxygen atoms in total. The van der Waals surface area contributed by atoms with E-state index >= 15 is 0 Å². The molecule has 1 heterocycles. The number of aryl methyl sites for hydroxylation is 1. The Hall–Kier alpha value is -3.34. The standard InChI is InChI=1S/C26H26N2O4S/c1-17-13-22(19(3)28(17)18(2)15-31-4)23(29)16-32-26(30)21-10-6-8-12-25(21)33-24-11-7-5-9-20(24)14-27/h5-13,18H,15-16H2,1-4H3. The van der Waals surface area contributed by atoms with Gasteiger partial charge in [0.1, 0.15) is 6.07 Å². The number of ether oxygens (including phenoxy) is 2. The fraction of sp³-hybridized carbons (Fsp3) is 0.269. The van der Waals surface area contributed by atoms with Crippen molar-refractivity contribution in [3.8, 4) is 6.07 Å². The van der Waals surface area contributed by atoms with E-state index < -0.39 is 5.97 Å². The molecule has 1 unspecified atom stereocenters. The Labute approximate surface area is 198 Å². The van der Waals surface area contributed by atoms with Crippen LogP contribution in [0.4, 0.5) is 0 Å². The zero-order valence-corrected chi connectivity index (χ0v) is 19.9. The number of Topliss-reactive ketones (excluding diaryl/α,β-unsaturated/α-hetero) is 1. The summed E-state index contributed by atoms with van der Waals surface area (Å²) in [6.45, 7) is 6.02. The number of esters is 1. The van der Waals surface area contributed by atoms with Crippen LogP contribution in [0.15, 0.2) is 64.4 Å². The SMILES string of the molecule is COCC(C)n1c(C)cc(C(=O)COC(=O)c2ccccc2Sc2ccccc2C#N)c1C. The molecule has 0 saturated carbocycles. The van der Waals surface area contributed by atoms with E-state index in [0.717, 1.165) is 16.3 Å². The number of nitrogens with zero attached hydrogens (tertiary/aromatic N) is 2. The van der Waals surface area contributed by atoms with Gasteiger partial charge in [-0.05, 0) is 51.1 Å². The summed E-state index contributed by atoms with van der Waals surface area (Å²) in [5.41, 5.74) is 3.18. The summed E-state index contributed by atoms with van der Waals surface area (Å²) >= 11 is 1.32. The van der Waals surface area contributed by atoms with Crippen molar-refractivity contribution < 1.29 is 19.1 Å². The first-order chi connectivity index (χ1) is 15.9. The third-order valence-corrected chi connectivity index (χ3v) is 6.45. The summed E-state index contributed by atoms with van der Waals surface area (Å²) in [5.74, 6) is -0.838. The molecular formula is C26H26N2O4S. The number of aromatic nitrogens is 1. The second-order valence-electron chi connectivity index (χ2n) is 7.66. The maximum atomic E-state index is 12.8. The quantitative estimate of drug-likeness (QED) is 0.314. The molecule has 0 amide bonds. The van der Waals surface area contributed by atoms with E-state index in [1.54, 1.807) is 37.4 Å². The first-order valence-electron chi connectivity index (χ1n) is 10.5. The number of hydrogen-bond acceptors (Lipinski definition) is 6. The Morgan fingerprint density at radius 3 is 2.42 bits per heavy atom. The highest BCUT2D eigenvalue weighted by atomic mass is 32.2. The smallest absolute Gasteiger partial charge is 0.339 e. The highest BCUT2D eigenvalue weighted by molar-refractivity contribution is 7.99. The van der Waals surface area contributed by atoms with Crippen molar-refractivity contribution in [2.45, 2.75) is 36.6 Å². The third kappa shape index (κ3) is 5.54. The molecule has 33 heavy (non-hydrogen) atoms. The minimum atomic E-state index is -0.581. The number of methoxy groups -OCH3 is 1. The molecule has 0 spiro atoms. The van der Waals surface area contributed by atoms with E-state index in [9.17, 15) is 14.9 Å². The number of carbonyl (C=O) groups excluding carboxylic acids is 2. The molecule has 0 aliphatic heterocycles. The predicted octanol–water partition coefficient (Wildman–Crippen LogP) is 5.37. The van der Waals surface area contributed by atoms with Crippen LogP contribution in [0.5, 0.6) is 0 Å². The van der Waals surface area contributed by atoms with E-state index in [-0.39, 0.29) is 18.4 Å². The summed E-state index contributed by atoms with van der Waals surface area (Å²) < 4.78 is 12.7. The van der Waals surface area contributed by atoms with Crippen LogP contribution < -0.4 is 0 Å². The molecule has 3 rings (SSSR count). The van der Waals surface area contributed by atoms with Crippen molar-refractivity contribution in [3.05, 3.63) is 82.7 Å². The lowest BCUT2D eigenvalue weighted by atomic mass is 10.1. The van der Waals surface area contributed by atoms with E-state index in [1.165, 1.54) is 11.8 Å². The molecule has 0 saturated heterocycles. The fourth-order valence-electron chi connectivity index (χ4n) is 3.83. The molecule has 0 N–H and O–H groups in total. The van der Waals surface area contributed by atoms with Crippen molar-refractivity contribution in [2.24, 2.45) is 0 Å². The van der Waals surface area contributed by atoms with Crippen LogP contribution in [0, 0.1) is 25.2 Å². The molecule has 0 bridgehead atoms. The van der Waals surface area contributed by atoms with Gasteiger partial charge in [-0.1, -0.05) is 36.0 Å². The summed E-state index contributed by atoms with van der Waals surface area (Å²) in [6, 6.07) is 18.3. The van der Waals surface area contributed by atoms with Crippen molar-refractivity contribution in [2.75, 3.05) is 20.3 Å². The molecular weight excluding hydrogens is 436 g/mol. The van der Waals surface area contributed by atoms with Gasteiger partial charge >= 0.3 is 5.97 Å². The number of rotatable bonds is 9. The first-order valence-corrected chi connectivity index (χ1v) is 11.3. The molecule has 1 atom stereocenters. The van der Waals surface area contributed by atoms with E-state index in [1.807, 2.05) is 45.0 Å². The van der Waals surface area contributed by atoms with Gasteiger partial charge in [0.15, 0.2) is 6.61 Å². The highest BCUT2D eigenvalue weighted by Gasteiger charge is 2.21. The summed E-state index contributed by atoms with van der Waals surface area (Å²) in [7, 11) is 1.64. The lowest BCUT2D eigenvalue weighted by Gasteiger charge is -2.17. The van der Waals surface area contributed by atoms with Gasteiger partial charge in [0.05, 0.1) is 23.8 Å². The van der Waals surface area contributed by atoms with E-state index in [0.29, 0.717) is 28.2 Å². The van der Waals surface area contributed by atoms with E-state index in [2.05, 4.69) is 10.6 Å². The Balaban J connectivity index is 1.74. The van der Waals surface area contributed by atoms with Crippen LogP contribution in [-0.4, -0.2) is 36.6 Å². The maximum absolute atomic E-state index is 12.8. The van der Waals surface area contributed by atoms with E-state index in [4.69, 9.17) is 9.47 Å². The second-order valence-corrected chi connectivity index (χ2v) is 8.75. The lowest BCUT2D eigenvalue weighted by molar-refractivity contribution is 0.0471. The molecule has 0 fully saturated rings. The molecule has 0 aliphatic carbocycles. The number of hydrogen-bond donors (Lipinski definition) is 0. The summed E-state index contributed by atoms with van der Waals surface area (Å²) in [4.78, 5) is 27.1. The summed E-state index contributed by atoms with van der Waals surface area (Å²) in [6.07, 6.45) is 0. The number of ketones is 1. The Morgan fingerprint density at radius 1 is 1.06 bits per heavy atom. The highest BCUT2D eigenvalue weighted by Crippen LogP contribution is 2.33. The van der Waals surface area contributed by atoms with Gasteiger partial charge in [-0.2, -0.15) is 5.26 Å². The van der Waals surface area contributed by atoms with Gasteiger partial charge in [-0.25, -0.2) is 4.79 Å². The molecule has 0 radical (unpaired) electrons. The van der Waals surface area contributed by atoms with Crippen LogP contribution in [0.25, 0.3) is 0 Å². The average molecular weight is 463 g/mol. The van der Waals surface area contributed by atoms with Crippen LogP contribution in [0.2, 0.25) is 0 Å². The zero-order chi connectivity index (χ0) is 24.0.